The van der Waals surface area contributed by atoms with E-state index in [2.05, 4.69) is 80.5 Å². The van der Waals surface area contributed by atoms with E-state index in [0.717, 1.165) is 59.9 Å². The Morgan fingerprint density at radius 1 is 0.686 bits per heavy atom. The Labute approximate surface area is 212 Å². The number of benzene rings is 4. The van der Waals surface area contributed by atoms with Crippen molar-refractivity contribution in [1.29, 1.82) is 0 Å². The maximum Gasteiger partial charge on any atom is 0.0723 e. The second kappa shape index (κ2) is 9.24. The lowest BCUT2D eigenvalue weighted by atomic mass is 9.96. The van der Waals surface area contributed by atoms with Crippen LogP contribution in [0.5, 0.6) is 0 Å². The Hall–Kier alpha value is -4.15. The molecule has 0 radical (unpaired) electrons. The summed E-state index contributed by atoms with van der Waals surface area (Å²) in [5.41, 5.74) is 8.19. The average Bonchev–Trinajstić information content (AvgIpc) is 2.93. The van der Waals surface area contributed by atoms with E-state index in [9.17, 15) is 0 Å². The van der Waals surface area contributed by atoms with Crippen LogP contribution in [-0.2, 0) is 0 Å². The van der Waals surface area contributed by atoms with Gasteiger partial charge in [-0.25, -0.2) is 4.98 Å². The summed E-state index contributed by atoms with van der Waals surface area (Å²) >= 11 is 3.46. The molecular weight excluding hydrogens is 494 g/mol. The zero-order valence-electron chi connectivity index (χ0n) is 18.8. The Bertz CT molecular complexity index is 1670. The van der Waals surface area contributed by atoms with Crippen LogP contribution in [0.3, 0.4) is 0 Å². The number of halogens is 1. The van der Waals surface area contributed by atoms with Crippen LogP contribution in [0, 0.1) is 0 Å². The van der Waals surface area contributed by atoms with Crippen LogP contribution in [0.15, 0.2) is 125 Å². The standard InChI is InChI=1S/C31H20BrN3/c32-24-12-8-21(9-13-24)20-34-25-14-10-23(11-15-25)30-19-27(22-5-2-1-3-6-22)31-26-7-4-18-33-28(26)16-17-29(31)35-30/h1-20H. The Balaban J connectivity index is 1.44. The number of hydrogen-bond donors (Lipinski definition) is 0. The van der Waals surface area contributed by atoms with E-state index in [4.69, 9.17) is 4.98 Å². The second-order valence-electron chi connectivity index (χ2n) is 8.31. The summed E-state index contributed by atoms with van der Waals surface area (Å²) in [6.45, 7) is 0. The van der Waals surface area contributed by atoms with Crippen LogP contribution in [0.25, 0.3) is 44.2 Å². The first-order valence-electron chi connectivity index (χ1n) is 11.4. The van der Waals surface area contributed by atoms with Gasteiger partial charge in [0.05, 0.1) is 22.4 Å². The molecule has 2 aromatic heterocycles. The lowest BCUT2D eigenvalue weighted by Crippen LogP contribution is -1.92. The first-order chi connectivity index (χ1) is 17.2. The lowest BCUT2D eigenvalue weighted by molar-refractivity contribution is 1.38. The fourth-order valence-corrected chi connectivity index (χ4v) is 4.56. The summed E-state index contributed by atoms with van der Waals surface area (Å²) in [6, 6.07) is 37.2. The highest BCUT2D eigenvalue weighted by Crippen LogP contribution is 2.36. The van der Waals surface area contributed by atoms with Crippen molar-refractivity contribution < 1.29 is 0 Å². The van der Waals surface area contributed by atoms with Crippen LogP contribution in [0.4, 0.5) is 5.69 Å². The van der Waals surface area contributed by atoms with Crippen LogP contribution in [-0.4, -0.2) is 16.2 Å². The van der Waals surface area contributed by atoms with E-state index in [1.165, 1.54) is 0 Å². The highest BCUT2D eigenvalue weighted by atomic mass is 79.9. The van der Waals surface area contributed by atoms with Gasteiger partial charge < -0.3 is 0 Å². The fraction of sp³-hybridized carbons (Fsp3) is 0. The third-order valence-corrected chi connectivity index (χ3v) is 6.56. The number of fused-ring (bicyclic) bond motifs is 3. The number of aliphatic imine (C=N–C) groups is 1. The minimum Gasteiger partial charge on any atom is -0.256 e. The molecule has 0 saturated carbocycles. The molecule has 35 heavy (non-hydrogen) atoms. The van der Waals surface area contributed by atoms with Gasteiger partial charge in [-0.2, -0.15) is 0 Å². The van der Waals surface area contributed by atoms with Gasteiger partial charge in [-0.15, -0.1) is 0 Å². The van der Waals surface area contributed by atoms with Gasteiger partial charge in [-0.3, -0.25) is 9.98 Å². The highest BCUT2D eigenvalue weighted by Gasteiger charge is 2.13. The molecule has 0 aliphatic rings. The SMILES string of the molecule is Brc1ccc(C=Nc2ccc(-c3cc(-c4ccccc4)c4c(ccc5ncccc54)n3)cc2)cc1. The van der Waals surface area contributed by atoms with Gasteiger partial charge in [0.2, 0.25) is 0 Å². The molecule has 0 saturated heterocycles. The van der Waals surface area contributed by atoms with Gasteiger partial charge >= 0.3 is 0 Å². The summed E-state index contributed by atoms with van der Waals surface area (Å²) in [5.74, 6) is 0. The summed E-state index contributed by atoms with van der Waals surface area (Å²) in [5, 5.41) is 2.24. The second-order valence-corrected chi connectivity index (χ2v) is 9.22. The molecule has 0 atom stereocenters. The van der Waals surface area contributed by atoms with Crippen LogP contribution in [0.2, 0.25) is 0 Å². The number of nitrogens with zero attached hydrogens (tertiary/aromatic N) is 3. The normalized spacial score (nSPS) is 11.5. The van der Waals surface area contributed by atoms with E-state index < -0.39 is 0 Å². The van der Waals surface area contributed by atoms with E-state index in [-0.39, 0.29) is 0 Å². The van der Waals surface area contributed by atoms with Crippen molar-refractivity contribution >= 4 is 49.6 Å². The molecule has 2 heterocycles. The molecule has 0 unspecified atom stereocenters. The molecule has 6 aromatic rings. The van der Waals surface area contributed by atoms with Crippen molar-refractivity contribution in [3.8, 4) is 22.4 Å². The molecule has 6 rings (SSSR count). The molecule has 0 fully saturated rings. The van der Waals surface area contributed by atoms with E-state index in [0.29, 0.717) is 0 Å². The minimum absolute atomic E-state index is 0.901. The molecule has 0 aliphatic carbocycles. The van der Waals surface area contributed by atoms with Crippen molar-refractivity contribution in [2.75, 3.05) is 0 Å². The summed E-state index contributed by atoms with van der Waals surface area (Å²) in [7, 11) is 0. The lowest BCUT2D eigenvalue weighted by Gasteiger charge is -2.13. The van der Waals surface area contributed by atoms with Crippen molar-refractivity contribution in [1.82, 2.24) is 9.97 Å². The molecule has 0 spiro atoms. The van der Waals surface area contributed by atoms with Gasteiger partial charge in [0, 0.05) is 33.2 Å². The quantitative estimate of drug-likeness (QED) is 0.174. The summed E-state index contributed by atoms with van der Waals surface area (Å²) < 4.78 is 1.06. The van der Waals surface area contributed by atoms with E-state index in [1.807, 2.05) is 67.0 Å². The average molecular weight is 514 g/mol. The summed E-state index contributed by atoms with van der Waals surface area (Å²) in [6.07, 6.45) is 3.71. The van der Waals surface area contributed by atoms with Crippen molar-refractivity contribution in [2.45, 2.75) is 0 Å². The maximum absolute atomic E-state index is 5.04. The highest BCUT2D eigenvalue weighted by molar-refractivity contribution is 9.10. The van der Waals surface area contributed by atoms with Gasteiger partial charge in [0.25, 0.3) is 0 Å². The molecule has 4 heteroatoms. The molecule has 3 nitrogen and oxygen atoms in total. The molecule has 4 aromatic carbocycles. The molecule has 0 aliphatic heterocycles. The first-order valence-corrected chi connectivity index (χ1v) is 12.2. The Kier molecular flexibility index (Phi) is 5.65. The van der Waals surface area contributed by atoms with Crippen LogP contribution in [0.1, 0.15) is 5.56 Å². The number of aromatic nitrogens is 2. The van der Waals surface area contributed by atoms with Crippen LogP contribution >= 0.6 is 15.9 Å². The summed E-state index contributed by atoms with van der Waals surface area (Å²) in [4.78, 5) is 14.2. The van der Waals surface area contributed by atoms with Gasteiger partial charge in [-0.1, -0.05) is 76.6 Å². The number of hydrogen-bond acceptors (Lipinski definition) is 3. The first kappa shape index (κ1) is 21.4. The predicted octanol–water partition coefficient (Wildman–Crippen LogP) is 8.63. The topological polar surface area (TPSA) is 38.1 Å². The van der Waals surface area contributed by atoms with Crippen molar-refractivity contribution in [3.05, 3.63) is 125 Å². The minimum atomic E-state index is 0.901. The largest absolute Gasteiger partial charge is 0.256 e. The van der Waals surface area contributed by atoms with E-state index in [1.54, 1.807) is 0 Å². The molecule has 0 bridgehead atoms. The molecular formula is C31H20BrN3. The van der Waals surface area contributed by atoms with Gasteiger partial charge in [-0.05, 0) is 65.2 Å². The van der Waals surface area contributed by atoms with Crippen LogP contribution < -0.4 is 0 Å². The number of rotatable bonds is 4. The zero-order chi connectivity index (χ0) is 23.6. The number of pyridine rings is 2. The zero-order valence-corrected chi connectivity index (χ0v) is 20.4. The monoisotopic (exact) mass is 513 g/mol. The van der Waals surface area contributed by atoms with Gasteiger partial charge in [0.15, 0.2) is 0 Å². The molecule has 0 N–H and O–H groups in total. The predicted molar refractivity (Wildman–Crippen MR) is 149 cm³/mol. The smallest absolute Gasteiger partial charge is 0.0723 e. The Morgan fingerprint density at radius 2 is 1.46 bits per heavy atom. The Morgan fingerprint density at radius 3 is 2.26 bits per heavy atom. The maximum atomic E-state index is 5.04. The molecule has 0 amide bonds. The third-order valence-electron chi connectivity index (χ3n) is 6.03. The molecule has 166 valence electrons. The van der Waals surface area contributed by atoms with Gasteiger partial charge in [0.1, 0.15) is 0 Å². The van der Waals surface area contributed by atoms with E-state index >= 15 is 0 Å². The third kappa shape index (κ3) is 4.36. The van der Waals surface area contributed by atoms with Crippen molar-refractivity contribution in [3.63, 3.8) is 0 Å². The fourth-order valence-electron chi connectivity index (χ4n) is 4.30. The van der Waals surface area contributed by atoms with Crippen molar-refractivity contribution in [2.24, 2.45) is 4.99 Å².